The first-order valence-corrected chi connectivity index (χ1v) is 6.08. The van der Waals surface area contributed by atoms with Crippen LogP contribution in [-0.4, -0.2) is 62.9 Å². The molecule has 104 valence electrons. The lowest BCUT2D eigenvalue weighted by molar-refractivity contribution is 0.0130. The van der Waals surface area contributed by atoms with Crippen LogP contribution in [0.2, 0.25) is 0 Å². The van der Waals surface area contributed by atoms with E-state index in [9.17, 15) is 5.11 Å². The van der Waals surface area contributed by atoms with Crippen molar-refractivity contribution in [3.05, 3.63) is 0 Å². The van der Waals surface area contributed by atoms with Crippen LogP contribution in [0.15, 0.2) is 0 Å². The summed E-state index contributed by atoms with van der Waals surface area (Å²) in [6.45, 7) is 6.99. The van der Waals surface area contributed by atoms with Gasteiger partial charge in [-0.2, -0.15) is 0 Å². The van der Waals surface area contributed by atoms with E-state index in [1.165, 1.54) is 0 Å². The van der Waals surface area contributed by atoms with Crippen LogP contribution in [0.25, 0.3) is 0 Å². The van der Waals surface area contributed by atoms with E-state index < -0.39 is 6.10 Å². The van der Waals surface area contributed by atoms with Gasteiger partial charge in [0, 0.05) is 26.8 Å². The highest BCUT2D eigenvalue weighted by Gasteiger charge is 2.16. The number of aliphatic hydroxyl groups excluding tert-OH is 2. The molecule has 0 heterocycles. The molecular weight excluding hydrogens is 222 g/mol. The van der Waals surface area contributed by atoms with Crippen LogP contribution in [0, 0.1) is 5.41 Å². The maximum Gasteiger partial charge on any atom is 0.0897 e. The molecule has 0 bridgehead atoms. The minimum absolute atomic E-state index is 0.0470. The molecule has 0 aromatic heterocycles. The molecule has 0 aromatic carbocycles. The van der Waals surface area contributed by atoms with Gasteiger partial charge < -0.3 is 25.0 Å². The molecule has 17 heavy (non-hydrogen) atoms. The van der Waals surface area contributed by atoms with E-state index in [4.69, 9.17) is 14.6 Å². The third-order valence-electron chi connectivity index (χ3n) is 2.51. The molecule has 1 unspecified atom stereocenters. The summed E-state index contributed by atoms with van der Waals surface area (Å²) in [5, 5.41) is 21.6. The molecule has 0 aliphatic heterocycles. The zero-order valence-corrected chi connectivity index (χ0v) is 11.2. The van der Waals surface area contributed by atoms with Gasteiger partial charge in [0.2, 0.25) is 0 Å². The molecule has 3 N–H and O–H groups in total. The number of rotatable bonds is 11. The highest BCUT2D eigenvalue weighted by molar-refractivity contribution is 4.72. The Balaban J connectivity index is 3.46. The third-order valence-corrected chi connectivity index (χ3v) is 2.51. The minimum atomic E-state index is -0.503. The van der Waals surface area contributed by atoms with Crippen LogP contribution in [0.4, 0.5) is 0 Å². The summed E-state index contributed by atoms with van der Waals surface area (Å²) in [7, 11) is 1.62. The summed E-state index contributed by atoms with van der Waals surface area (Å²) in [6.07, 6.45) is 0.247. The summed E-state index contributed by atoms with van der Waals surface area (Å²) in [5.41, 5.74) is 0.0470. The summed E-state index contributed by atoms with van der Waals surface area (Å²) >= 11 is 0. The van der Waals surface area contributed by atoms with Gasteiger partial charge in [-0.05, 0) is 11.8 Å². The first-order chi connectivity index (χ1) is 8.02. The lowest BCUT2D eigenvalue weighted by Gasteiger charge is -2.24. The Bertz CT molecular complexity index is 176. The Morgan fingerprint density at radius 2 is 2.00 bits per heavy atom. The second-order valence-corrected chi connectivity index (χ2v) is 4.99. The van der Waals surface area contributed by atoms with Crippen molar-refractivity contribution in [3.8, 4) is 0 Å². The number of nitrogens with one attached hydrogen (secondary N) is 1. The fourth-order valence-corrected chi connectivity index (χ4v) is 1.39. The van der Waals surface area contributed by atoms with Crippen molar-refractivity contribution in [2.75, 3.05) is 46.6 Å². The molecule has 0 aliphatic carbocycles. The molecule has 0 rings (SSSR count). The molecule has 0 aromatic rings. The van der Waals surface area contributed by atoms with Crippen molar-refractivity contribution in [2.45, 2.75) is 26.4 Å². The van der Waals surface area contributed by atoms with Gasteiger partial charge in [-0.1, -0.05) is 13.8 Å². The van der Waals surface area contributed by atoms with E-state index >= 15 is 0 Å². The second kappa shape index (κ2) is 9.79. The summed E-state index contributed by atoms with van der Waals surface area (Å²) in [6, 6.07) is 0. The van der Waals surface area contributed by atoms with Crippen molar-refractivity contribution in [3.63, 3.8) is 0 Å². The minimum Gasteiger partial charge on any atom is -0.396 e. The number of methoxy groups -OCH3 is 1. The maximum absolute atomic E-state index is 9.60. The van der Waals surface area contributed by atoms with E-state index in [1.54, 1.807) is 7.11 Å². The predicted molar refractivity (Wildman–Crippen MR) is 67.1 cm³/mol. The predicted octanol–water partition coefficient (Wildman–Crippen LogP) is 0.00850. The molecular formula is C12H27NO4. The Morgan fingerprint density at radius 1 is 1.29 bits per heavy atom. The topological polar surface area (TPSA) is 71.0 Å². The van der Waals surface area contributed by atoms with Crippen LogP contribution in [0.5, 0.6) is 0 Å². The van der Waals surface area contributed by atoms with Crippen molar-refractivity contribution < 1.29 is 19.7 Å². The monoisotopic (exact) mass is 249 g/mol. The molecule has 5 nitrogen and oxygen atoms in total. The van der Waals surface area contributed by atoms with Gasteiger partial charge in [0.25, 0.3) is 0 Å². The van der Waals surface area contributed by atoms with E-state index in [0.717, 1.165) is 13.0 Å². The largest absolute Gasteiger partial charge is 0.396 e. The average molecular weight is 249 g/mol. The van der Waals surface area contributed by atoms with Gasteiger partial charge >= 0.3 is 0 Å². The van der Waals surface area contributed by atoms with Gasteiger partial charge in [-0.25, -0.2) is 0 Å². The lowest BCUT2D eigenvalue weighted by atomic mass is 9.90. The van der Waals surface area contributed by atoms with Crippen LogP contribution in [0.3, 0.4) is 0 Å². The Labute approximate surface area is 104 Å². The third kappa shape index (κ3) is 10.7. The number of hydrogen-bond acceptors (Lipinski definition) is 5. The Kier molecular flexibility index (Phi) is 9.68. The molecule has 0 aliphatic rings. The van der Waals surface area contributed by atoms with Crippen molar-refractivity contribution in [2.24, 2.45) is 5.41 Å². The maximum atomic E-state index is 9.60. The van der Waals surface area contributed by atoms with Crippen molar-refractivity contribution >= 4 is 0 Å². The van der Waals surface area contributed by atoms with E-state index in [0.29, 0.717) is 26.4 Å². The molecule has 0 radical (unpaired) electrons. The Hall–Kier alpha value is -0.200. The molecule has 0 fully saturated rings. The van der Waals surface area contributed by atoms with E-state index in [1.807, 2.05) is 0 Å². The molecule has 0 spiro atoms. The van der Waals surface area contributed by atoms with Crippen molar-refractivity contribution in [1.82, 2.24) is 5.32 Å². The highest BCUT2D eigenvalue weighted by atomic mass is 16.5. The smallest absolute Gasteiger partial charge is 0.0897 e. The molecule has 0 saturated heterocycles. The molecule has 0 amide bonds. The first-order valence-electron chi connectivity index (χ1n) is 6.08. The summed E-state index contributed by atoms with van der Waals surface area (Å²) < 4.78 is 10.0. The van der Waals surface area contributed by atoms with Gasteiger partial charge in [0.15, 0.2) is 0 Å². The zero-order valence-electron chi connectivity index (χ0n) is 11.2. The molecule has 5 heteroatoms. The standard InChI is InChI=1S/C12H27NO4/c1-12(2,4-5-14)10-13-8-11(15)9-17-7-6-16-3/h11,13-15H,4-10H2,1-3H3. The number of hydrogen-bond donors (Lipinski definition) is 3. The Morgan fingerprint density at radius 3 is 2.59 bits per heavy atom. The normalized spacial score (nSPS) is 13.9. The van der Waals surface area contributed by atoms with Crippen LogP contribution >= 0.6 is 0 Å². The summed E-state index contributed by atoms with van der Waals surface area (Å²) in [4.78, 5) is 0. The SMILES string of the molecule is COCCOCC(O)CNCC(C)(C)CCO. The molecule has 1 atom stereocenters. The van der Waals surface area contributed by atoms with Crippen LogP contribution in [-0.2, 0) is 9.47 Å². The van der Waals surface area contributed by atoms with Gasteiger partial charge in [0.1, 0.15) is 0 Å². The van der Waals surface area contributed by atoms with Gasteiger partial charge in [-0.15, -0.1) is 0 Å². The fraction of sp³-hybridized carbons (Fsp3) is 1.00. The highest BCUT2D eigenvalue weighted by Crippen LogP contribution is 2.17. The summed E-state index contributed by atoms with van der Waals surface area (Å²) in [5.74, 6) is 0. The molecule has 0 saturated carbocycles. The number of ether oxygens (including phenoxy) is 2. The van der Waals surface area contributed by atoms with E-state index in [-0.39, 0.29) is 12.0 Å². The van der Waals surface area contributed by atoms with Gasteiger partial charge in [0.05, 0.1) is 25.9 Å². The lowest BCUT2D eigenvalue weighted by Crippen LogP contribution is -2.37. The fourth-order valence-electron chi connectivity index (χ4n) is 1.39. The first kappa shape index (κ1) is 16.8. The average Bonchev–Trinajstić information content (AvgIpc) is 2.24. The van der Waals surface area contributed by atoms with Crippen molar-refractivity contribution in [1.29, 1.82) is 0 Å². The number of aliphatic hydroxyl groups is 2. The quantitative estimate of drug-likeness (QED) is 0.450. The second-order valence-electron chi connectivity index (χ2n) is 4.99. The van der Waals surface area contributed by atoms with E-state index in [2.05, 4.69) is 19.2 Å². The van der Waals surface area contributed by atoms with Gasteiger partial charge in [-0.3, -0.25) is 0 Å². The zero-order chi connectivity index (χ0) is 13.1. The van der Waals surface area contributed by atoms with Crippen LogP contribution < -0.4 is 5.32 Å². The van der Waals surface area contributed by atoms with Crippen LogP contribution in [0.1, 0.15) is 20.3 Å².